The standard InChI is InChI=1S/C17H22N2O5/c1-4-9-24-12-5-7-14(11(2)10-12)19-16(21)13(18-17(19)22)6-8-15(20)23-3/h5,7,10,13H,4,6,8-9H2,1-3H3,(H,18,22)/t13-/m1/s1. The maximum Gasteiger partial charge on any atom is 0.329 e. The Hall–Kier alpha value is -2.57. The summed E-state index contributed by atoms with van der Waals surface area (Å²) in [5, 5.41) is 2.61. The number of carbonyl (C=O) groups is 3. The summed E-state index contributed by atoms with van der Waals surface area (Å²) in [5.41, 5.74) is 1.28. The topological polar surface area (TPSA) is 84.9 Å². The number of rotatable bonds is 7. The Bertz CT molecular complexity index is 644. The van der Waals surface area contributed by atoms with Gasteiger partial charge in [0, 0.05) is 6.42 Å². The minimum atomic E-state index is -0.716. The molecule has 2 rings (SSSR count). The van der Waals surface area contributed by atoms with Crippen molar-refractivity contribution in [1.82, 2.24) is 5.32 Å². The molecular formula is C17H22N2O5. The third kappa shape index (κ3) is 3.84. The van der Waals surface area contributed by atoms with E-state index >= 15 is 0 Å². The molecule has 130 valence electrons. The first-order chi connectivity index (χ1) is 11.5. The molecule has 7 heteroatoms. The highest BCUT2D eigenvalue weighted by molar-refractivity contribution is 6.21. The number of imide groups is 1. The zero-order chi connectivity index (χ0) is 17.7. The maximum atomic E-state index is 12.5. The molecule has 1 aromatic carbocycles. The van der Waals surface area contributed by atoms with Crippen molar-refractivity contribution < 1.29 is 23.9 Å². The number of urea groups is 1. The monoisotopic (exact) mass is 334 g/mol. The summed E-state index contributed by atoms with van der Waals surface area (Å²) in [7, 11) is 1.29. The van der Waals surface area contributed by atoms with Crippen LogP contribution in [0.2, 0.25) is 0 Å². The van der Waals surface area contributed by atoms with Gasteiger partial charge in [-0.2, -0.15) is 0 Å². The van der Waals surface area contributed by atoms with Crippen molar-refractivity contribution in [3.63, 3.8) is 0 Å². The van der Waals surface area contributed by atoms with E-state index in [0.29, 0.717) is 18.0 Å². The lowest BCUT2D eigenvalue weighted by molar-refractivity contribution is -0.140. The second-order valence-electron chi connectivity index (χ2n) is 5.59. The largest absolute Gasteiger partial charge is 0.494 e. The molecule has 1 aromatic rings. The average molecular weight is 334 g/mol. The molecule has 1 heterocycles. The number of ether oxygens (including phenoxy) is 2. The molecule has 0 radical (unpaired) electrons. The number of anilines is 1. The summed E-state index contributed by atoms with van der Waals surface area (Å²) < 4.78 is 10.1. The van der Waals surface area contributed by atoms with Gasteiger partial charge in [-0.05, 0) is 43.5 Å². The Morgan fingerprint density at radius 3 is 2.71 bits per heavy atom. The van der Waals surface area contributed by atoms with E-state index in [1.54, 1.807) is 18.2 Å². The van der Waals surface area contributed by atoms with Gasteiger partial charge in [-0.1, -0.05) is 6.92 Å². The van der Waals surface area contributed by atoms with Crippen LogP contribution in [0.25, 0.3) is 0 Å². The highest BCUT2D eigenvalue weighted by Gasteiger charge is 2.39. The molecule has 0 spiro atoms. The van der Waals surface area contributed by atoms with Crippen LogP contribution < -0.4 is 15.0 Å². The highest BCUT2D eigenvalue weighted by Crippen LogP contribution is 2.28. The van der Waals surface area contributed by atoms with Crippen molar-refractivity contribution in [1.29, 1.82) is 0 Å². The summed E-state index contributed by atoms with van der Waals surface area (Å²) in [6.07, 6.45) is 1.18. The van der Waals surface area contributed by atoms with Crippen molar-refractivity contribution in [2.24, 2.45) is 0 Å². The molecule has 0 unspecified atom stereocenters. The Kier molecular flexibility index (Phi) is 5.78. The number of esters is 1. The van der Waals surface area contributed by atoms with Crippen LogP contribution in [0.15, 0.2) is 18.2 Å². The van der Waals surface area contributed by atoms with Crippen molar-refractivity contribution in [2.45, 2.75) is 39.2 Å². The first kappa shape index (κ1) is 17.8. The van der Waals surface area contributed by atoms with Gasteiger partial charge < -0.3 is 14.8 Å². The number of aryl methyl sites for hydroxylation is 1. The number of amides is 3. The number of carbonyl (C=O) groups excluding carboxylic acids is 3. The first-order valence-corrected chi connectivity index (χ1v) is 7.92. The average Bonchev–Trinajstić information content (AvgIpc) is 2.85. The summed E-state index contributed by atoms with van der Waals surface area (Å²) in [5.74, 6) is -0.0780. The molecule has 1 N–H and O–H groups in total. The van der Waals surface area contributed by atoms with Gasteiger partial charge >= 0.3 is 12.0 Å². The van der Waals surface area contributed by atoms with Crippen LogP contribution in [0.1, 0.15) is 31.7 Å². The van der Waals surface area contributed by atoms with Crippen LogP contribution >= 0.6 is 0 Å². The van der Waals surface area contributed by atoms with Crippen LogP contribution in [-0.4, -0.2) is 37.7 Å². The quantitative estimate of drug-likeness (QED) is 0.610. The molecule has 1 aliphatic heterocycles. The van der Waals surface area contributed by atoms with E-state index in [4.69, 9.17) is 4.74 Å². The molecule has 1 aliphatic rings. The molecule has 0 aromatic heterocycles. The third-order valence-electron chi connectivity index (χ3n) is 3.77. The second kappa shape index (κ2) is 7.81. The van der Waals surface area contributed by atoms with Crippen molar-refractivity contribution >= 4 is 23.6 Å². The van der Waals surface area contributed by atoms with Gasteiger partial charge in [0.1, 0.15) is 11.8 Å². The van der Waals surface area contributed by atoms with E-state index in [-0.39, 0.29) is 18.7 Å². The lowest BCUT2D eigenvalue weighted by atomic mass is 10.1. The van der Waals surface area contributed by atoms with Gasteiger partial charge in [0.15, 0.2) is 0 Å². The molecule has 0 saturated carbocycles. The first-order valence-electron chi connectivity index (χ1n) is 7.92. The Balaban J connectivity index is 2.12. The zero-order valence-electron chi connectivity index (χ0n) is 14.1. The zero-order valence-corrected chi connectivity index (χ0v) is 14.1. The molecule has 1 atom stereocenters. The predicted octanol–water partition coefficient (Wildman–Crippen LogP) is 2.16. The third-order valence-corrected chi connectivity index (χ3v) is 3.77. The summed E-state index contributed by atoms with van der Waals surface area (Å²) >= 11 is 0. The van der Waals surface area contributed by atoms with Gasteiger partial charge in [-0.15, -0.1) is 0 Å². The minimum Gasteiger partial charge on any atom is -0.494 e. The van der Waals surface area contributed by atoms with Crippen LogP contribution in [-0.2, 0) is 14.3 Å². The molecule has 1 saturated heterocycles. The fraction of sp³-hybridized carbons (Fsp3) is 0.471. The van der Waals surface area contributed by atoms with Gasteiger partial charge in [0.05, 0.1) is 19.4 Å². The maximum absolute atomic E-state index is 12.5. The van der Waals surface area contributed by atoms with Crippen LogP contribution in [0.4, 0.5) is 10.5 Å². The van der Waals surface area contributed by atoms with Gasteiger partial charge in [0.2, 0.25) is 0 Å². The highest BCUT2D eigenvalue weighted by atomic mass is 16.5. The molecule has 1 fully saturated rings. The van der Waals surface area contributed by atoms with E-state index in [0.717, 1.165) is 16.9 Å². The van der Waals surface area contributed by atoms with Crippen LogP contribution in [0, 0.1) is 6.92 Å². The van der Waals surface area contributed by atoms with Gasteiger partial charge in [-0.3, -0.25) is 9.59 Å². The molecular weight excluding hydrogens is 312 g/mol. The fourth-order valence-corrected chi connectivity index (χ4v) is 2.51. The SMILES string of the molecule is CCCOc1ccc(N2C(=O)N[C@H](CCC(=O)OC)C2=O)c(C)c1. The fourth-order valence-electron chi connectivity index (χ4n) is 2.51. The van der Waals surface area contributed by atoms with Gasteiger partial charge in [0.25, 0.3) is 5.91 Å². The summed E-state index contributed by atoms with van der Waals surface area (Å²) in [6.45, 7) is 4.44. The molecule has 24 heavy (non-hydrogen) atoms. The van der Waals surface area contributed by atoms with E-state index in [2.05, 4.69) is 10.1 Å². The van der Waals surface area contributed by atoms with Crippen molar-refractivity contribution in [2.75, 3.05) is 18.6 Å². The Labute approximate surface area is 140 Å². The summed E-state index contributed by atoms with van der Waals surface area (Å²) in [4.78, 5) is 37.0. The number of benzene rings is 1. The lowest BCUT2D eigenvalue weighted by Crippen LogP contribution is -2.32. The Morgan fingerprint density at radius 2 is 2.08 bits per heavy atom. The normalized spacial score (nSPS) is 17.0. The number of nitrogens with zero attached hydrogens (tertiary/aromatic N) is 1. The van der Waals surface area contributed by atoms with Crippen molar-refractivity contribution in [3.8, 4) is 5.75 Å². The van der Waals surface area contributed by atoms with E-state index in [1.807, 2.05) is 13.8 Å². The number of hydrogen-bond donors (Lipinski definition) is 1. The van der Waals surface area contributed by atoms with Crippen molar-refractivity contribution in [3.05, 3.63) is 23.8 Å². The van der Waals surface area contributed by atoms with Crippen LogP contribution in [0.5, 0.6) is 5.75 Å². The van der Waals surface area contributed by atoms with Gasteiger partial charge in [-0.25, -0.2) is 9.69 Å². The van der Waals surface area contributed by atoms with E-state index in [1.165, 1.54) is 7.11 Å². The van der Waals surface area contributed by atoms with Crippen LogP contribution in [0.3, 0.4) is 0 Å². The number of hydrogen-bond acceptors (Lipinski definition) is 5. The number of nitrogens with one attached hydrogen (secondary N) is 1. The van der Waals surface area contributed by atoms with E-state index < -0.39 is 18.0 Å². The Morgan fingerprint density at radius 1 is 1.33 bits per heavy atom. The lowest BCUT2D eigenvalue weighted by Gasteiger charge is -2.17. The smallest absolute Gasteiger partial charge is 0.329 e. The second-order valence-corrected chi connectivity index (χ2v) is 5.59. The van der Waals surface area contributed by atoms with E-state index in [9.17, 15) is 14.4 Å². The minimum absolute atomic E-state index is 0.0732. The molecule has 7 nitrogen and oxygen atoms in total. The number of methoxy groups -OCH3 is 1. The summed E-state index contributed by atoms with van der Waals surface area (Å²) in [6, 6.07) is 4.03. The predicted molar refractivity (Wildman–Crippen MR) is 88.0 cm³/mol. The molecule has 3 amide bonds. The molecule has 0 bridgehead atoms. The molecule has 0 aliphatic carbocycles.